The number of rotatable bonds is 3. The Labute approximate surface area is 98.0 Å². The molecule has 17 heavy (non-hydrogen) atoms. The molecule has 2 unspecified atom stereocenters. The van der Waals surface area contributed by atoms with Gasteiger partial charge in [-0.25, -0.2) is 0 Å². The van der Waals surface area contributed by atoms with Gasteiger partial charge in [0.25, 0.3) is 0 Å². The maximum Gasteiger partial charge on any atom is 0.418 e. The Hall–Kier alpha value is -1.39. The van der Waals surface area contributed by atoms with Gasteiger partial charge in [0.2, 0.25) is 0 Å². The molecule has 0 spiro atoms. The minimum absolute atomic E-state index is 0.130. The highest BCUT2D eigenvalue weighted by Crippen LogP contribution is 2.41. The zero-order valence-corrected chi connectivity index (χ0v) is 9.51. The second kappa shape index (κ2) is 4.13. The van der Waals surface area contributed by atoms with Crippen LogP contribution in [0.15, 0.2) is 18.2 Å². The molecule has 0 radical (unpaired) electrons. The SMILES string of the molecule is CCC1CC1Nc1ccc(N)cc1C(F)(F)F. The number of halogens is 3. The molecule has 0 bridgehead atoms. The molecular weight excluding hydrogens is 229 g/mol. The van der Waals surface area contributed by atoms with Crippen LogP contribution in [0, 0.1) is 5.92 Å². The van der Waals surface area contributed by atoms with E-state index in [9.17, 15) is 13.2 Å². The Morgan fingerprint density at radius 3 is 2.65 bits per heavy atom. The van der Waals surface area contributed by atoms with Crippen molar-refractivity contribution >= 4 is 11.4 Å². The topological polar surface area (TPSA) is 38.0 Å². The average molecular weight is 244 g/mol. The van der Waals surface area contributed by atoms with E-state index < -0.39 is 11.7 Å². The quantitative estimate of drug-likeness (QED) is 0.799. The number of anilines is 2. The minimum atomic E-state index is -4.37. The summed E-state index contributed by atoms with van der Waals surface area (Å²) in [6, 6.07) is 4.04. The fourth-order valence-electron chi connectivity index (χ4n) is 2.00. The first-order valence-electron chi connectivity index (χ1n) is 5.65. The summed E-state index contributed by atoms with van der Waals surface area (Å²) >= 11 is 0. The summed E-state index contributed by atoms with van der Waals surface area (Å²) < 4.78 is 38.3. The Morgan fingerprint density at radius 2 is 2.12 bits per heavy atom. The Balaban J connectivity index is 2.21. The zero-order valence-electron chi connectivity index (χ0n) is 9.51. The lowest BCUT2D eigenvalue weighted by atomic mass is 10.1. The van der Waals surface area contributed by atoms with Gasteiger partial charge in [-0.1, -0.05) is 13.3 Å². The van der Waals surface area contributed by atoms with Gasteiger partial charge in [0.15, 0.2) is 0 Å². The second-order valence-corrected chi connectivity index (χ2v) is 4.46. The molecule has 1 saturated carbocycles. The van der Waals surface area contributed by atoms with Crippen molar-refractivity contribution in [1.29, 1.82) is 0 Å². The lowest BCUT2D eigenvalue weighted by molar-refractivity contribution is -0.136. The third-order valence-electron chi connectivity index (χ3n) is 3.14. The van der Waals surface area contributed by atoms with Gasteiger partial charge in [-0.2, -0.15) is 13.2 Å². The number of nitrogens with one attached hydrogen (secondary N) is 1. The molecule has 1 aromatic carbocycles. The van der Waals surface area contributed by atoms with Crippen LogP contribution in [0.25, 0.3) is 0 Å². The molecule has 2 atom stereocenters. The molecule has 3 N–H and O–H groups in total. The van der Waals surface area contributed by atoms with Gasteiger partial charge >= 0.3 is 6.18 Å². The number of hydrogen-bond acceptors (Lipinski definition) is 2. The first kappa shape index (κ1) is 12.1. The third kappa shape index (κ3) is 2.65. The minimum Gasteiger partial charge on any atom is -0.399 e. The fourth-order valence-corrected chi connectivity index (χ4v) is 2.00. The van der Waals surface area contributed by atoms with Crippen LogP contribution >= 0.6 is 0 Å². The van der Waals surface area contributed by atoms with Crippen molar-refractivity contribution in [3.8, 4) is 0 Å². The Kier molecular flexibility index (Phi) is 2.93. The number of nitrogen functional groups attached to an aromatic ring is 1. The standard InChI is InChI=1S/C12H15F3N2/c1-2-7-5-11(7)17-10-4-3-8(16)6-9(10)12(13,14)15/h3-4,6-7,11,17H,2,5,16H2,1H3. The number of alkyl halides is 3. The Bertz CT molecular complexity index is 415. The predicted molar refractivity (Wildman–Crippen MR) is 61.7 cm³/mol. The number of nitrogens with two attached hydrogens (primary N) is 1. The normalized spacial score (nSPS) is 23.5. The molecule has 2 nitrogen and oxygen atoms in total. The lowest BCUT2D eigenvalue weighted by Crippen LogP contribution is -2.13. The first-order chi connectivity index (χ1) is 7.91. The van der Waals surface area contributed by atoms with Gasteiger partial charge in [0, 0.05) is 17.4 Å². The van der Waals surface area contributed by atoms with E-state index in [0.29, 0.717) is 5.92 Å². The Morgan fingerprint density at radius 1 is 1.41 bits per heavy atom. The summed E-state index contributed by atoms with van der Waals surface area (Å²) in [5.41, 5.74) is 4.98. The highest BCUT2D eigenvalue weighted by molar-refractivity contribution is 5.60. The maximum atomic E-state index is 12.8. The van der Waals surface area contributed by atoms with Crippen LogP contribution in [0.3, 0.4) is 0 Å². The van der Waals surface area contributed by atoms with Gasteiger partial charge in [-0.15, -0.1) is 0 Å². The lowest BCUT2D eigenvalue weighted by Gasteiger charge is -2.15. The smallest absolute Gasteiger partial charge is 0.399 e. The molecule has 1 aromatic rings. The van der Waals surface area contributed by atoms with Crippen LogP contribution in [0.4, 0.5) is 24.5 Å². The van der Waals surface area contributed by atoms with Crippen LogP contribution < -0.4 is 11.1 Å². The highest BCUT2D eigenvalue weighted by Gasteiger charge is 2.39. The molecule has 5 heteroatoms. The van der Waals surface area contributed by atoms with E-state index in [2.05, 4.69) is 5.32 Å². The van der Waals surface area contributed by atoms with E-state index in [0.717, 1.165) is 18.9 Å². The molecular formula is C12H15F3N2. The van der Waals surface area contributed by atoms with Crippen molar-refractivity contribution < 1.29 is 13.2 Å². The summed E-state index contributed by atoms with van der Waals surface area (Å²) in [5.74, 6) is 0.494. The average Bonchev–Trinajstić information content (AvgIpc) is 2.98. The van der Waals surface area contributed by atoms with E-state index >= 15 is 0 Å². The van der Waals surface area contributed by atoms with Crippen LogP contribution in [-0.2, 0) is 6.18 Å². The monoisotopic (exact) mass is 244 g/mol. The van der Waals surface area contributed by atoms with E-state index in [1.54, 1.807) is 0 Å². The second-order valence-electron chi connectivity index (χ2n) is 4.46. The van der Waals surface area contributed by atoms with E-state index in [-0.39, 0.29) is 17.4 Å². The number of hydrogen-bond donors (Lipinski definition) is 2. The van der Waals surface area contributed by atoms with Crippen LogP contribution in [-0.4, -0.2) is 6.04 Å². The zero-order chi connectivity index (χ0) is 12.6. The first-order valence-corrected chi connectivity index (χ1v) is 5.65. The fraction of sp³-hybridized carbons (Fsp3) is 0.500. The van der Waals surface area contributed by atoms with Gasteiger partial charge in [0.1, 0.15) is 0 Å². The summed E-state index contributed by atoms with van der Waals surface area (Å²) in [5, 5.41) is 2.94. The summed E-state index contributed by atoms with van der Waals surface area (Å²) in [7, 11) is 0. The summed E-state index contributed by atoms with van der Waals surface area (Å²) in [6.07, 6.45) is -2.43. The van der Waals surface area contributed by atoms with Crippen molar-refractivity contribution in [3.63, 3.8) is 0 Å². The highest BCUT2D eigenvalue weighted by atomic mass is 19.4. The molecule has 1 aliphatic rings. The van der Waals surface area contributed by atoms with Crippen molar-refractivity contribution in [1.82, 2.24) is 0 Å². The van der Waals surface area contributed by atoms with Crippen molar-refractivity contribution in [2.45, 2.75) is 32.0 Å². The molecule has 0 heterocycles. The summed E-state index contributed by atoms with van der Waals surface area (Å²) in [6.45, 7) is 2.04. The third-order valence-corrected chi connectivity index (χ3v) is 3.14. The van der Waals surface area contributed by atoms with Crippen LogP contribution in [0.5, 0.6) is 0 Å². The molecule has 1 fully saturated rings. The van der Waals surface area contributed by atoms with Gasteiger partial charge < -0.3 is 11.1 Å². The van der Waals surface area contributed by atoms with Crippen molar-refractivity contribution in [3.05, 3.63) is 23.8 Å². The van der Waals surface area contributed by atoms with E-state index in [1.165, 1.54) is 12.1 Å². The van der Waals surface area contributed by atoms with Crippen molar-refractivity contribution in [2.75, 3.05) is 11.1 Å². The maximum absolute atomic E-state index is 12.8. The van der Waals surface area contributed by atoms with Gasteiger partial charge in [0.05, 0.1) is 5.56 Å². The largest absolute Gasteiger partial charge is 0.418 e. The van der Waals surface area contributed by atoms with E-state index in [4.69, 9.17) is 5.73 Å². The van der Waals surface area contributed by atoms with Crippen LogP contribution in [0.2, 0.25) is 0 Å². The van der Waals surface area contributed by atoms with Crippen molar-refractivity contribution in [2.24, 2.45) is 5.92 Å². The molecule has 2 rings (SSSR count). The molecule has 1 aliphatic carbocycles. The van der Waals surface area contributed by atoms with Gasteiger partial charge in [-0.05, 0) is 30.5 Å². The predicted octanol–water partition coefficient (Wildman–Crippen LogP) is 3.50. The number of benzene rings is 1. The van der Waals surface area contributed by atoms with Crippen LogP contribution in [0.1, 0.15) is 25.3 Å². The van der Waals surface area contributed by atoms with Gasteiger partial charge in [-0.3, -0.25) is 0 Å². The molecule has 0 amide bonds. The summed E-state index contributed by atoms with van der Waals surface area (Å²) in [4.78, 5) is 0. The molecule has 0 saturated heterocycles. The molecule has 0 aromatic heterocycles. The van der Waals surface area contributed by atoms with E-state index in [1.807, 2.05) is 6.92 Å². The molecule has 94 valence electrons. The molecule has 0 aliphatic heterocycles.